The van der Waals surface area contributed by atoms with Crippen molar-refractivity contribution in [3.05, 3.63) is 89.5 Å². The monoisotopic (exact) mass is 687 g/mol. The molecule has 1 aliphatic rings. The van der Waals surface area contributed by atoms with Crippen molar-refractivity contribution in [1.82, 2.24) is 15.1 Å². The third-order valence-corrected chi connectivity index (χ3v) is 8.83. The SMILES string of the molecule is COc1ccc(CCCc2cccc(OCCNC(=O)CCCCN3CCCN(C(C(=O)OCc4ccccc4)C(C)C)C3=O)c2)cc1OC. The van der Waals surface area contributed by atoms with Crippen molar-refractivity contribution in [3.8, 4) is 17.2 Å². The van der Waals surface area contributed by atoms with E-state index in [4.69, 9.17) is 18.9 Å². The number of urea groups is 1. The van der Waals surface area contributed by atoms with Crippen LogP contribution in [0.3, 0.4) is 0 Å². The largest absolute Gasteiger partial charge is 0.493 e. The lowest BCUT2D eigenvalue weighted by Gasteiger charge is -2.40. The molecule has 0 aromatic heterocycles. The molecule has 0 radical (unpaired) electrons. The Hall–Kier alpha value is -4.73. The zero-order valence-corrected chi connectivity index (χ0v) is 30.0. The van der Waals surface area contributed by atoms with E-state index in [1.807, 2.05) is 68.4 Å². The standard InChI is InChI=1S/C40H53N3O7/c1-30(2)38(39(45)50-29-33-13-6-5-7-14-33)43-25-12-24-42(40(43)46)23-9-8-19-37(44)41-22-26-49-34-18-11-17-31(27-34)15-10-16-32-20-21-35(47-3)36(28-32)48-4/h5-7,11,13-14,17-18,20-21,27-28,30,38H,8-10,12,15-16,19,22-26,29H2,1-4H3,(H,41,44). The van der Waals surface area contributed by atoms with Gasteiger partial charge in [0.05, 0.1) is 20.8 Å². The number of rotatable bonds is 20. The van der Waals surface area contributed by atoms with Gasteiger partial charge in [-0.2, -0.15) is 0 Å². The molecular formula is C40H53N3O7. The van der Waals surface area contributed by atoms with Crippen molar-refractivity contribution in [2.45, 2.75) is 71.4 Å². The molecule has 3 aromatic carbocycles. The average Bonchev–Trinajstić information content (AvgIpc) is 3.12. The molecular weight excluding hydrogens is 634 g/mol. The summed E-state index contributed by atoms with van der Waals surface area (Å²) in [4.78, 5) is 42.4. The van der Waals surface area contributed by atoms with Crippen molar-refractivity contribution in [1.29, 1.82) is 0 Å². The highest BCUT2D eigenvalue weighted by Crippen LogP contribution is 2.28. The second-order valence-electron chi connectivity index (χ2n) is 12.9. The van der Waals surface area contributed by atoms with Crippen LogP contribution >= 0.6 is 0 Å². The molecule has 3 amide bonds. The Kier molecular flexibility index (Phi) is 15.3. The van der Waals surface area contributed by atoms with Crippen molar-refractivity contribution in [3.63, 3.8) is 0 Å². The first-order chi connectivity index (χ1) is 24.3. The van der Waals surface area contributed by atoms with Crippen LogP contribution in [0.25, 0.3) is 0 Å². The zero-order chi connectivity index (χ0) is 35.7. The van der Waals surface area contributed by atoms with Crippen LogP contribution in [0.1, 0.15) is 62.6 Å². The Morgan fingerprint density at radius 1 is 0.820 bits per heavy atom. The zero-order valence-electron chi connectivity index (χ0n) is 30.0. The van der Waals surface area contributed by atoms with Gasteiger partial charge in [-0.05, 0) is 85.4 Å². The van der Waals surface area contributed by atoms with Crippen molar-refractivity contribution >= 4 is 17.9 Å². The van der Waals surface area contributed by atoms with Gasteiger partial charge in [0.2, 0.25) is 5.91 Å². The molecule has 4 rings (SSSR count). The average molecular weight is 688 g/mol. The van der Waals surface area contributed by atoms with E-state index in [1.165, 1.54) is 11.1 Å². The summed E-state index contributed by atoms with van der Waals surface area (Å²) in [5.74, 6) is 1.75. The van der Waals surface area contributed by atoms with Crippen LogP contribution < -0.4 is 19.5 Å². The fourth-order valence-electron chi connectivity index (χ4n) is 6.20. The molecule has 1 atom stereocenters. The van der Waals surface area contributed by atoms with Gasteiger partial charge in [-0.3, -0.25) is 4.79 Å². The maximum atomic E-state index is 13.4. The fourth-order valence-corrected chi connectivity index (χ4v) is 6.20. The molecule has 10 heteroatoms. The first-order valence-corrected chi connectivity index (χ1v) is 17.7. The maximum absolute atomic E-state index is 13.4. The number of esters is 1. The van der Waals surface area contributed by atoms with Crippen molar-refractivity contribution in [2.75, 3.05) is 47.0 Å². The summed E-state index contributed by atoms with van der Waals surface area (Å²) in [5, 5.41) is 2.93. The van der Waals surface area contributed by atoms with Crippen LogP contribution in [-0.4, -0.2) is 80.8 Å². The Bertz CT molecular complexity index is 1510. The van der Waals surface area contributed by atoms with E-state index in [1.54, 1.807) is 24.0 Å². The number of ether oxygens (including phenoxy) is 4. The van der Waals surface area contributed by atoms with Gasteiger partial charge >= 0.3 is 12.0 Å². The summed E-state index contributed by atoms with van der Waals surface area (Å²) >= 11 is 0. The predicted molar refractivity (Wildman–Crippen MR) is 194 cm³/mol. The fraction of sp³-hybridized carbons (Fsp3) is 0.475. The van der Waals surface area contributed by atoms with Gasteiger partial charge in [0.15, 0.2) is 11.5 Å². The second kappa shape index (κ2) is 20.1. The minimum Gasteiger partial charge on any atom is -0.493 e. The molecule has 0 bridgehead atoms. The number of amides is 3. The summed E-state index contributed by atoms with van der Waals surface area (Å²) in [6.07, 6.45) is 5.35. The minimum absolute atomic E-state index is 0.0369. The number of unbranched alkanes of at least 4 members (excludes halogenated alkanes) is 1. The van der Waals surface area contributed by atoms with Gasteiger partial charge in [-0.1, -0.05) is 62.4 Å². The van der Waals surface area contributed by atoms with E-state index in [0.29, 0.717) is 52.0 Å². The molecule has 1 saturated heterocycles. The van der Waals surface area contributed by atoms with Gasteiger partial charge < -0.3 is 34.1 Å². The highest BCUT2D eigenvalue weighted by molar-refractivity contribution is 5.84. The first-order valence-electron chi connectivity index (χ1n) is 17.7. The number of benzene rings is 3. The van der Waals surface area contributed by atoms with Crippen LogP contribution in [0.4, 0.5) is 4.79 Å². The van der Waals surface area contributed by atoms with Crippen molar-refractivity contribution in [2.24, 2.45) is 5.92 Å². The van der Waals surface area contributed by atoms with Gasteiger partial charge in [0.1, 0.15) is 25.0 Å². The second-order valence-corrected chi connectivity index (χ2v) is 12.9. The molecule has 3 aromatic rings. The summed E-state index contributed by atoms with van der Waals surface area (Å²) < 4.78 is 22.3. The molecule has 10 nitrogen and oxygen atoms in total. The molecule has 1 unspecified atom stereocenters. The number of carbonyl (C=O) groups is 3. The lowest BCUT2D eigenvalue weighted by atomic mass is 10.0. The number of hydrogen-bond donors (Lipinski definition) is 1. The van der Waals surface area contributed by atoms with Gasteiger partial charge in [0.25, 0.3) is 0 Å². The van der Waals surface area contributed by atoms with Gasteiger partial charge in [-0.15, -0.1) is 0 Å². The Morgan fingerprint density at radius 3 is 2.30 bits per heavy atom. The van der Waals surface area contributed by atoms with Crippen LogP contribution in [-0.2, 0) is 33.8 Å². The molecule has 0 spiro atoms. The van der Waals surface area contributed by atoms with Crippen LogP contribution in [0.15, 0.2) is 72.8 Å². The highest BCUT2D eigenvalue weighted by atomic mass is 16.5. The number of nitrogens with one attached hydrogen (secondary N) is 1. The maximum Gasteiger partial charge on any atom is 0.329 e. The number of aryl methyl sites for hydroxylation is 2. The van der Waals surface area contributed by atoms with E-state index in [2.05, 4.69) is 23.5 Å². The highest BCUT2D eigenvalue weighted by Gasteiger charge is 2.37. The lowest BCUT2D eigenvalue weighted by molar-refractivity contribution is -0.152. The number of hydrogen-bond acceptors (Lipinski definition) is 7. The van der Waals surface area contributed by atoms with E-state index in [9.17, 15) is 14.4 Å². The molecule has 0 saturated carbocycles. The quantitative estimate of drug-likeness (QED) is 0.108. The van der Waals surface area contributed by atoms with Gasteiger partial charge in [0, 0.05) is 26.1 Å². The Balaban J connectivity index is 1.11. The topological polar surface area (TPSA) is 107 Å². The minimum atomic E-state index is -0.639. The molecule has 1 aliphatic heterocycles. The summed E-state index contributed by atoms with van der Waals surface area (Å²) in [6, 6.07) is 22.9. The molecule has 0 aliphatic carbocycles. The third-order valence-electron chi connectivity index (χ3n) is 8.83. The summed E-state index contributed by atoms with van der Waals surface area (Å²) in [7, 11) is 3.28. The molecule has 1 fully saturated rings. The normalized spacial score (nSPS) is 13.6. The lowest BCUT2D eigenvalue weighted by Crippen LogP contribution is -2.57. The van der Waals surface area contributed by atoms with Gasteiger partial charge in [-0.25, -0.2) is 9.59 Å². The van der Waals surface area contributed by atoms with E-state index in [-0.39, 0.29) is 30.4 Å². The van der Waals surface area contributed by atoms with E-state index in [0.717, 1.165) is 48.5 Å². The van der Waals surface area contributed by atoms with Crippen LogP contribution in [0.2, 0.25) is 0 Å². The van der Waals surface area contributed by atoms with E-state index < -0.39 is 6.04 Å². The molecule has 1 heterocycles. The predicted octanol–water partition coefficient (Wildman–Crippen LogP) is 6.44. The summed E-state index contributed by atoms with van der Waals surface area (Å²) in [6.45, 7) is 6.55. The smallest absolute Gasteiger partial charge is 0.329 e. The van der Waals surface area contributed by atoms with Crippen molar-refractivity contribution < 1.29 is 33.3 Å². The Morgan fingerprint density at radius 2 is 1.56 bits per heavy atom. The molecule has 270 valence electrons. The van der Waals surface area contributed by atoms with Crippen LogP contribution in [0, 0.1) is 5.92 Å². The van der Waals surface area contributed by atoms with Crippen LogP contribution in [0.5, 0.6) is 17.2 Å². The number of carbonyl (C=O) groups excluding carboxylic acids is 3. The molecule has 50 heavy (non-hydrogen) atoms. The summed E-state index contributed by atoms with van der Waals surface area (Å²) in [5.41, 5.74) is 3.31. The first kappa shape index (κ1) is 38.1. The molecule has 1 N–H and O–H groups in total. The third kappa shape index (κ3) is 11.7. The van der Waals surface area contributed by atoms with E-state index >= 15 is 0 Å². The Labute approximate surface area is 297 Å². The number of nitrogens with zero attached hydrogens (tertiary/aromatic N) is 2. The number of methoxy groups -OCH3 is 2.